The summed E-state index contributed by atoms with van der Waals surface area (Å²) in [7, 11) is 2.99. The third-order valence-electron chi connectivity index (χ3n) is 4.67. The number of rotatable bonds is 9. The summed E-state index contributed by atoms with van der Waals surface area (Å²) in [5, 5.41) is 3.88. The molecular formula is C23H23NO7. The predicted octanol–water partition coefficient (Wildman–Crippen LogP) is 3.93. The highest BCUT2D eigenvalue weighted by atomic mass is 16.5. The van der Waals surface area contributed by atoms with Gasteiger partial charge in [0.1, 0.15) is 18.1 Å². The van der Waals surface area contributed by atoms with Gasteiger partial charge in [-0.15, -0.1) is 0 Å². The summed E-state index contributed by atoms with van der Waals surface area (Å²) in [6.45, 7) is 3.50. The number of hydrogen-bond donors (Lipinski definition) is 0. The van der Waals surface area contributed by atoms with Crippen LogP contribution in [0.3, 0.4) is 0 Å². The van der Waals surface area contributed by atoms with Gasteiger partial charge in [0, 0.05) is 5.56 Å². The van der Waals surface area contributed by atoms with Crippen LogP contribution in [0.4, 0.5) is 0 Å². The Morgan fingerprint density at radius 3 is 2.42 bits per heavy atom. The zero-order valence-electron chi connectivity index (χ0n) is 17.8. The van der Waals surface area contributed by atoms with Crippen molar-refractivity contribution < 1.29 is 33.1 Å². The normalized spacial score (nSPS) is 10.5. The van der Waals surface area contributed by atoms with E-state index in [1.54, 1.807) is 36.4 Å². The van der Waals surface area contributed by atoms with Crippen LogP contribution in [-0.4, -0.2) is 37.7 Å². The van der Waals surface area contributed by atoms with Gasteiger partial charge in [0.05, 0.1) is 31.0 Å². The summed E-state index contributed by atoms with van der Waals surface area (Å²) in [6, 6.07) is 11.3. The lowest BCUT2D eigenvalue weighted by atomic mass is 10.1. The average molecular weight is 425 g/mol. The number of Topliss-reactive ketones (excluding diaryl/α,β-unsaturated/α-hetero) is 1. The van der Waals surface area contributed by atoms with E-state index in [0.717, 1.165) is 11.3 Å². The number of esters is 1. The maximum atomic E-state index is 12.4. The summed E-state index contributed by atoms with van der Waals surface area (Å²) in [4.78, 5) is 24.8. The first-order valence-electron chi connectivity index (χ1n) is 9.50. The van der Waals surface area contributed by atoms with Crippen molar-refractivity contribution in [2.75, 3.05) is 20.8 Å². The van der Waals surface area contributed by atoms with E-state index in [-0.39, 0.29) is 18.0 Å². The van der Waals surface area contributed by atoms with Crippen molar-refractivity contribution in [3.05, 3.63) is 70.6 Å². The molecule has 0 radical (unpaired) electrons. The monoisotopic (exact) mass is 425 g/mol. The second-order valence-electron chi connectivity index (χ2n) is 6.69. The van der Waals surface area contributed by atoms with E-state index in [2.05, 4.69) is 5.16 Å². The van der Waals surface area contributed by atoms with Crippen LogP contribution in [0.1, 0.15) is 37.7 Å². The number of benzene rings is 2. The third-order valence-corrected chi connectivity index (χ3v) is 4.67. The number of hydrogen-bond acceptors (Lipinski definition) is 8. The summed E-state index contributed by atoms with van der Waals surface area (Å²) in [5.74, 6) is 1.10. The minimum absolute atomic E-state index is 0.261. The quantitative estimate of drug-likeness (QED) is 0.376. The number of methoxy groups -OCH3 is 2. The first-order chi connectivity index (χ1) is 14.9. The summed E-state index contributed by atoms with van der Waals surface area (Å²) >= 11 is 0. The molecule has 0 aliphatic heterocycles. The Hall–Kier alpha value is -3.81. The number of carbonyl (C=O) groups is 2. The molecule has 0 bridgehead atoms. The molecule has 31 heavy (non-hydrogen) atoms. The van der Waals surface area contributed by atoms with E-state index in [1.165, 1.54) is 20.3 Å². The van der Waals surface area contributed by atoms with E-state index in [0.29, 0.717) is 28.6 Å². The minimum atomic E-state index is -0.628. The number of aryl methyl sites for hydroxylation is 2. The molecule has 162 valence electrons. The van der Waals surface area contributed by atoms with Gasteiger partial charge >= 0.3 is 5.97 Å². The van der Waals surface area contributed by atoms with E-state index >= 15 is 0 Å². The first kappa shape index (κ1) is 21.9. The average Bonchev–Trinajstić information content (AvgIpc) is 3.12. The summed E-state index contributed by atoms with van der Waals surface area (Å²) in [6.07, 6.45) is 0. The lowest BCUT2D eigenvalue weighted by Crippen LogP contribution is -2.14. The van der Waals surface area contributed by atoms with Crippen LogP contribution in [-0.2, 0) is 11.3 Å². The Morgan fingerprint density at radius 2 is 1.74 bits per heavy atom. The van der Waals surface area contributed by atoms with E-state index in [9.17, 15) is 9.59 Å². The van der Waals surface area contributed by atoms with Gasteiger partial charge in [-0.2, -0.15) is 0 Å². The number of carbonyl (C=O) groups excluding carboxylic acids is 2. The fraction of sp³-hybridized carbons (Fsp3) is 0.261. The maximum Gasteiger partial charge on any atom is 0.338 e. The van der Waals surface area contributed by atoms with Gasteiger partial charge in [0.15, 0.2) is 23.9 Å². The second-order valence-corrected chi connectivity index (χ2v) is 6.69. The van der Waals surface area contributed by atoms with Crippen LogP contribution in [0.5, 0.6) is 17.2 Å². The smallest absolute Gasteiger partial charge is 0.338 e. The molecular weight excluding hydrogens is 402 g/mol. The molecule has 0 atom stereocenters. The van der Waals surface area contributed by atoms with Crippen molar-refractivity contribution in [3.8, 4) is 17.2 Å². The van der Waals surface area contributed by atoms with Crippen molar-refractivity contribution in [2.45, 2.75) is 20.5 Å². The maximum absolute atomic E-state index is 12.4. The molecule has 8 nitrogen and oxygen atoms in total. The van der Waals surface area contributed by atoms with Gasteiger partial charge in [-0.1, -0.05) is 11.2 Å². The van der Waals surface area contributed by atoms with Gasteiger partial charge in [-0.05, 0) is 50.2 Å². The first-order valence-corrected chi connectivity index (χ1v) is 9.50. The Balaban J connectivity index is 1.60. The summed E-state index contributed by atoms with van der Waals surface area (Å²) < 4.78 is 26.4. The van der Waals surface area contributed by atoms with Crippen LogP contribution < -0.4 is 14.2 Å². The molecule has 0 spiro atoms. The molecule has 0 saturated carbocycles. The molecule has 1 heterocycles. The van der Waals surface area contributed by atoms with Gasteiger partial charge in [0.2, 0.25) is 0 Å². The number of nitrogens with zero attached hydrogens (tertiary/aromatic N) is 1. The Bertz CT molecular complexity index is 1070. The highest BCUT2D eigenvalue weighted by molar-refractivity contribution is 5.99. The van der Waals surface area contributed by atoms with Gasteiger partial charge in [-0.25, -0.2) is 4.79 Å². The Labute approximate surface area is 179 Å². The molecule has 0 N–H and O–H groups in total. The number of ether oxygens (including phenoxy) is 4. The van der Waals surface area contributed by atoms with E-state index in [1.807, 2.05) is 13.8 Å². The highest BCUT2D eigenvalue weighted by Gasteiger charge is 2.15. The van der Waals surface area contributed by atoms with Crippen LogP contribution in [0.15, 0.2) is 47.0 Å². The Kier molecular flexibility index (Phi) is 6.92. The van der Waals surface area contributed by atoms with Crippen LogP contribution in [0, 0.1) is 13.8 Å². The molecule has 0 amide bonds. The molecule has 0 fully saturated rings. The molecule has 0 aliphatic carbocycles. The fourth-order valence-electron chi connectivity index (χ4n) is 2.88. The minimum Gasteiger partial charge on any atom is -0.493 e. The van der Waals surface area contributed by atoms with E-state index < -0.39 is 12.6 Å². The molecule has 3 aromatic rings. The van der Waals surface area contributed by atoms with Crippen LogP contribution in [0.2, 0.25) is 0 Å². The van der Waals surface area contributed by atoms with Gasteiger partial charge < -0.3 is 23.5 Å². The zero-order chi connectivity index (χ0) is 22.4. The number of aromatic nitrogens is 1. The molecule has 2 aromatic carbocycles. The third kappa shape index (κ3) is 5.22. The molecule has 0 aliphatic rings. The Morgan fingerprint density at radius 1 is 0.968 bits per heavy atom. The van der Waals surface area contributed by atoms with Crippen molar-refractivity contribution in [2.24, 2.45) is 0 Å². The molecule has 8 heteroatoms. The standard InChI is InChI=1S/C23H23NO7/c1-14-19(15(2)31-24-14)12-29-18-7-5-6-17(10-18)23(26)30-13-20(25)16-8-9-21(27-3)22(11-16)28-4/h5-11H,12-13H2,1-4H3. The molecule has 0 saturated heterocycles. The van der Waals surface area contributed by atoms with Crippen molar-refractivity contribution in [1.82, 2.24) is 5.16 Å². The van der Waals surface area contributed by atoms with Crippen LogP contribution in [0.25, 0.3) is 0 Å². The van der Waals surface area contributed by atoms with Crippen molar-refractivity contribution in [3.63, 3.8) is 0 Å². The summed E-state index contributed by atoms with van der Waals surface area (Å²) in [5.41, 5.74) is 2.23. The molecule has 1 aromatic heterocycles. The van der Waals surface area contributed by atoms with Gasteiger partial charge in [-0.3, -0.25) is 4.79 Å². The molecule has 0 unspecified atom stereocenters. The topological polar surface area (TPSA) is 97.1 Å². The highest BCUT2D eigenvalue weighted by Crippen LogP contribution is 2.27. The van der Waals surface area contributed by atoms with Crippen LogP contribution >= 0.6 is 0 Å². The number of ketones is 1. The van der Waals surface area contributed by atoms with Gasteiger partial charge in [0.25, 0.3) is 0 Å². The lowest BCUT2D eigenvalue weighted by Gasteiger charge is -2.10. The van der Waals surface area contributed by atoms with Crippen molar-refractivity contribution in [1.29, 1.82) is 0 Å². The predicted molar refractivity (Wildman–Crippen MR) is 111 cm³/mol. The SMILES string of the molecule is COc1ccc(C(=O)COC(=O)c2cccc(OCc3c(C)noc3C)c2)cc1OC. The van der Waals surface area contributed by atoms with Crippen molar-refractivity contribution >= 4 is 11.8 Å². The largest absolute Gasteiger partial charge is 0.493 e. The molecule has 3 rings (SSSR count). The lowest BCUT2D eigenvalue weighted by molar-refractivity contribution is 0.0474. The second kappa shape index (κ2) is 9.80. The van der Waals surface area contributed by atoms with E-state index in [4.69, 9.17) is 23.5 Å². The fourth-order valence-corrected chi connectivity index (χ4v) is 2.88. The zero-order valence-corrected chi connectivity index (χ0v) is 17.8.